The lowest BCUT2D eigenvalue weighted by Gasteiger charge is -2.13. The molecule has 1 atom stereocenters. The van der Waals surface area contributed by atoms with E-state index in [1.54, 1.807) is 6.20 Å². The van der Waals surface area contributed by atoms with Crippen LogP contribution in [0.5, 0.6) is 0 Å². The fourth-order valence-corrected chi connectivity index (χ4v) is 2.13. The Kier molecular flexibility index (Phi) is 3.66. The van der Waals surface area contributed by atoms with Gasteiger partial charge in [0, 0.05) is 33.4 Å². The number of nitrogens with one attached hydrogen (secondary N) is 1. The number of hydrogen-bond acceptors (Lipinski definition) is 2. The van der Waals surface area contributed by atoms with E-state index in [9.17, 15) is 0 Å². The Bertz CT molecular complexity index is 501. The van der Waals surface area contributed by atoms with Crippen LogP contribution < -0.4 is 5.32 Å². The lowest BCUT2D eigenvalue weighted by molar-refractivity contribution is 0.900. The largest absolute Gasteiger partial charge is 0.366 e. The fraction of sp³-hybridized carbons (Fsp3) is 0.250. The quantitative estimate of drug-likeness (QED) is 0.865. The molecule has 0 aliphatic heterocycles. The van der Waals surface area contributed by atoms with Crippen molar-refractivity contribution >= 4 is 44.1 Å². The fourth-order valence-electron chi connectivity index (χ4n) is 1.56. The minimum atomic E-state index is 0.207. The van der Waals surface area contributed by atoms with E-state index in [4.69, 9.17) is 11.6 Å². The van der Waals surface area contributed by atoms with Crippen LogP contribution in [-0.2, 0) is 0 Å². The number of benzene rings is 1. The maximum absolute atomic E-state index is 5.78. The van der Waals surface area contributed by atoms with Crippen LogP contribution in [0.4, 0.5) is 5.82 Å². The van der Waals surface area contributed by atoms with Gasteiger partial charge in [-0.3, -0.25) is 0 Å². The van der Waals surface area contributed by atoms with Crippen LogP contribution in [0.15, 0.2) is 34.9 Å². The average Bonchev–Trinajstić information content (AvgIpc) is 2.30. The van der Waals surface area contributed by atoms with Gasteiger partial charge in [0.05, 0.1) is 0 Å². The summed E-state index contributed by atoms with van der Waals surface area (Å²) >= 11 is 9.32. The van der Waals surface area contributed by atoms with Crippen LogP contribution >= 0.6 is 27.5 Å². The molecule has 1 aromatic heterocycles. The summed E-state index contributed by atoms with van der Waals surface area (Å²) in [4.78, 5) is 4.35. The van der Waals surface area contributed by atoms with Gasteiger partial charge < -0.3 is 5.32 Å². The highest BCUT2D eigenvalue weighted by molar-refractivity contribution is 9.10. The molecule has 0 saturated carbocycles. The molecule has 2 rings (SSSR count). The molecule has 0 bridgehead atoms. The van der Waals surface area contributed by atoms with Gasteiger partial charge in [-0.15, -0.1) is 11.6 Å². The molecule has 0 spiro atoms. The molecule has 84 valence electrons. The Labute approximate surface area is 108 Å². The molecular formula is C12H12BrClN2. The van der Waals surface area contributed by atoms with Gasteiger partial charge in [-0.1, -0.05) is 28.1 Å². The van der Waals surface area contributed by atoms with E-state index in [0.29, 0.717) is 5.88 Å². The summed E-state index contributed by atoms with van der Waals surface area (Å²) in [5.74, 6) is 1.44. The molecule has 0 radical (unpaired) electrons. The molecule has 0 aliphatic rings. The first kappa shape index (κ1) is 11.7. The number of halogens is 2. The van der Waals surface area contributed by atoms with Crippen LogP contribution in [0.2, 0.25) is 0 Å². The number of nitrogens with zero attached hydrogens (tertiary/aromatic N) is 1. The third kappa shape index (κ3) is 2.30. The standard InChI is InChI=1S/C12H12BrClN2/c1-8(7-14)16-12-10-3-2-4-11(13)9(10)5-6-15-12/h2-6,8H,7H2,1H3,(H,15,16). The predicted octanol–water partition coefficient (Wildman–Crippen LogP) is 4.04. The number of rotatable bonds is 3. The van der Waals surface area contributed by atoms with Crippen molar-refractivity contribution in [1.82, 2.24) is 4.98 Å². The van der Waals surface area contributed by atoms with E-state index >= 15 is 0 Å². The molecule has 0 fully saturated rings. The Morgan fingerprint density at radius 3 is 2.94 bits per heavy atom. The minimum Gasteiger partial charge on any atom is -0.366 e. The summed E-state index contributed by atoms with van der Waals surface area (Å²) in [5, 5.41) is 5.56. The summed E-state index contributed by atoms with van der Waals surface area (Å²) < 4.78 is 1.08. The van der Waals surface area contributed by atoms with Crippen molar-refractivity contribution in [2.45, 2.75) is 13.0 Å². The van der Waals surface area contributed by atoms with E-state index < -0.39 is 0 Å². The number of aromatic nitrogens is 1. The molecule has 0 saturated heterocycles. The average molecular weight is 300 g/mol. The highest BCUT2D eigenvalue weighted by Gasteiger charge is 2.06. The number of anilines is 1. The van der Waals surface area contributed by atoms with Crippen LogP contribution in [0.3, 0.4) is 0 Å². The smallest absolute Gasteiger partial charge is 0.134 e. The zero-order valence-electron chi connectivity index (χ0n) is 8.87. The van der Waals surface area contributed by atoms with Crippen molar-refractivity contribution in [2.75, 3.05) is 11.2 Å². The lowest BCUT2D eigenvalue weighted by atomic mass is 10.1. The van der Waals surface area contributed by atoms with Gasteiger partial charge in [0.25, 0.3) is 0 Å². The van der Waals surface area contributed by atoms with Crippen LogP contribution in [0, 0.1) is 0 Å². The molecule has 2 nitrogen and oxygen atoms in total. The monoisotopic (exact) mass is 298 g/mol. The number of hydrogen-bond donors (Lipinski definition) is 1. The maximum Gasteiger partial charge on any atom is 0.134 e. The first-order valence-corrected chi connectivity index (χ1v) is 6.41. The van der Waals surface area contributed by atoms with Crippen molar-refractivity contribution in [1.29, 1.82) is 0 Å². The van der Waals surface area contributed by atoms with Crippen molar-refractivity contribution < 1.29 is 0 Å². The summed E-state index contributed by atoms with van der Waals surface area (Å²) in [7, 11) is 0. The van der Waals surface area contributed by atoms with Gasteiger partial charge in [0.15, 0.2) is 0 Å². The molecule has 0 aliphatic carbocycles. The molecular weight excluding hydrogens is 288 g/mol. The predicted molar refractivity (Wildman–Crippen MR) is 73.2 cm³/mol. The zero-order chi connectivity index (χ0) is 11.5. The Morgan fingerprint density at radius 2 is 2.19 bits per heavy atom. The molecule has 16 heavy (non-hydrogen) atoms. The van der Waals surface area contributed by atoms with Crippen LogP contribution in [0.1, 0.15) is 6.92 Å². The van der Waals surface area contributed by atoms with Crippen LogP contribution in [0.25, 0.3) is 10.8 Å². The third-order valence-corrected chi connectivity index (χ3v) is 3.52. The Balaban J connectivity index is 2.50. The summed E-state index contributed by atoms with van der Waals surface area (Å²) in [6, 6.07) is 8.28. The molecule has 2 aromatic rings. The molecule has 0 amide bonds. The van der Waals surface area contributed by atoms with E-state index in [-0.39, 0.29) is 6.04 Å². The van der Waals surface area contributed by atoms with E-state index in [1.807, 2.05) is 25.1 Å². The minimum absolute atomic E-state index is 0.207. The van der Waals surface area contributed by atoms with Gasteiger partial charge in [-0.05, 0) is 19.1 Å². The Hall–Kier alpha value is -0.800. The lowest BCUT2D eigenvalue weighted by Crippen LogP contribution is -2.17. The highest BCUT2D eigenvalue weighted by Crippen LogP contribution is 2.27. The van der Waals surface area contributed by atoms with Crippen molar-refractivity contribution in [2.24, 2.45) is 0 Å². The summed E-state index contributed by atoms with van der Waals surface area (Å²) in [6.45, 7) is 2.03. The zero-order valence-corrected chi connectivity index (χ0v) is 11.2. The molecule has 1 unspecified atom stereocenters. The topological polar surface area (TPSA) is 24.9 Å². The van der Waals surface area contributed by atoms with E-state index in [0.717, 1.165) is 21.1 Å². The summed E-state index contributed by atoms with van der Waals surface area (Å²) in [5.41, 5.74) is 0. The third-order valence-electron chi connectivity index (χ3n) is 2.37. The maximum atomic E-state index is 5.78. The second kappa shape index (κ2) is 5.02. The van der Waals surface area contributed by atoms with Gasteiger partial charge in [0.2, 0.25) is 0 Å². The van der Waals surface area contributed by atoms with Crippen LogP contribution in [-0.4, -0.2) is 16.9 Å². The highest BCUT2D eigenvalue weighted by atomic mass is 79.9. The van der Waals surface area contributed by atoms with E-state index in [2.05, 4.69) is 32.3 Å². The SMILES string of the molecule is CC(CCl)Nc1nccc2c(Br)cccc12. The second-order valence-corrected chi connectivity index (χ2v) is 4.86. The summed E-state index contributed by atoms with van der Waals surface area (Å²) in [6.07, 6.45) is 1.80. The van der Waals surface area contributed by atoms with Crippen molar-refractivity contribution in [3.63, 3.8) is 0 Å². The van der Waals surface area contributed by atoms with E-state index in [1.165, 1.54) is 0 Å². The van der Waals surface area contributed by atoms with Gasteiger partial charge in [-0.2, -0.15) is 0 Å². The van der Waals surface area contributed by atoms with Crippen molar-refractivity contribution in [3.8, 4) is 0 Å². The second-order valence-electron chi connectivity index (χ2n) is 3.69. The molecule has 1 heterocycles. The number of alkyl halides is 1. The number of fused-ring (bicyclic) bond motifs is 1. The Morgan fingerprint density at radius 1 is 1.38 bits per heavy atom. The van der Waals surface area contributed by atoms with Gasteiger partial charge in [-0.25, -0.2) is 4.98 Å². The van der Waals surface area contributed by atoms with Gasteiger partial charge >= 0.3 is 0 Å². The van der Waals surface area contributed by atoms with Crippen molar-refractivity contribution in [3.05, 3.63) is 34.9 Å². The number of pyridine rings is 1. The molecule has 4 heteroatoms. The molecule has 1 aromatic carbocycles. The molecule has 1 N–H and O–H groups in total. The first-order valence-electron chi connectivity index (χ1n) is 5.08. The van der Waals surface area contributed by atoms with Gasteiger partial charge in [0.1, 0.15) is 5.82 Å². The normalized spacial score (nSPS) is 12.7. The first-order chi connectivity index (χ1) is 7.72.